The Morgan fingerprint density at radius 2 is 1.42 bits per heavy atom. The first kappa shape index (κ1) is 17.4. The van der Waals surface area contributed by atoms with E-state index >= 15 is 0 Å². The Hall–Kier alpha value is -1.41. The molecule has 3 rings (SSSR count). The second-order valence-electron chi connectivity index (χ2n) is 5.71. The molecule has 6 heteroatoms. The predicted molar refractivity (Wildman–Crippen MR) is 91.5 cm³/mol. The zero-order valence-electron chi connectivity index (χ0n) is 12.9. The first-order valence-corrected chi connectivity index (χ1v) is 8.61. The van der Waals surface area contributed by atoms with Crippen LogP contribution in [0.5, 0.6) is 0 Å². The molecule has 2 aromatic carbocycles. The second-order valence-corrected chi connectivity index (χ2v) is 6.88. The topological polar surface area (TPSA) is 90.2 Å². The smallest absolute Gasteiger partial charge is 0.136 e. The fraction of sp³-hybridized carbons (Fsp3) is 0.333. The van der Waals surface area contributed by atoms with Crippen LogP contribution in [0, 0.1) is 0 Å². The lowest BCUT2D eigenvalue weighted by Gasteiger charge is -2.39. The Morgan fingerprint density at radius 3 is 2.04 bits per heavy atom. The summed E-state index contributed by atoms with van der Waals surface area (Å²) in [5.41, 5.74) is 1.43. The molecular weight excluding hydrogens is 328 g/mol. The molecule has 2 aromatic rings. The van der Waals surface area contributed by atoms with Gasteiger partial charge >= 0.3 is 0 Å². The van der Waals surface area contributed by atoms with E-state index in [-0.39, 0.29) is 0 Å². The van der Waals surface area contributed by atoms with Gasteiger partial charge in [-0.1, -0.05) is 54.2 Å². The lowest BCUT2D eigenvalue weighted by molar-refractivity contribution is -0.205. The highest BCUT2D eigenvalue weighted by Crippen LogP contribution is 2.34. The van der Waals surface area contributed by atoms with Gasteiger partial charge in [0, 0.05) is 4.90 Å². The molecule has 0 spiro atoms. The first-order valence-electron chi connectivity index (χ1n) is 7.73. The van der Waals surface area contributed by atoms with E-state index in [1.54, 1.807) is 0 Å². The summed E-state index contributed by atoms with van der Waals surface area (Å²) in [6.07, 6.45) is -4.80. The largest absolute Gasteiger partial charge is 0.394 e. The summed E-state index contributed by atoms with van der Waals surface area (Å²) < 4.78 is 5.50. The van der Waals surface area contributed by atoms with Crippen molar-refractivity contribution >= 4 is 11.8 Å². The van der Waals surface area contributed by atoms with Gasteiger partial charge in [0.25, 0.3) is 0 Å². The van der Waals surface area contributed by atoms with Gasteiger partial charge in [-0.3, -0.25) is 0 Å². The van der Waals surface area contributed by atoms with Crippen molar-refractivity contribution in [3.63, 3.8) is 0 Å². The van der Waals surface area contributed by atoms with Crippen LogP contribution in [0.4, 0.5) is 0 Å². The van der Waals surface area contributed by atoms with Crippen LogP contribution in [0.3, 0.4) is 0 Å². The summed E-state index contributed by atoms with van der Waals surface area (Å²) >= 11 is 1.25. The normalized spacial score (nSPS) is 30.2. The fourth-order valence-corrected chi connectivity index (χ4v) is 3.72. The Morgan fingerprint density at radius 1 is 0.792 bits per heavy atom. The van der Waals surface area contributed by atoms with Gasteiger partial charge in [-0.2, -0.15) is 0 Å². The van der Waals surface area contributed by atoms with Crippen LogP contribution < -0.4 is 0 Å². The van der Waals surface area contributed by atoms with E-state index in [2.05, 4.69) is 0 Å². The molecule has 0 aromatic heterocycles. The minimum Gasteiger partial charge on any atom is -0.394 e. The average molecular weight is 348 g/mol. The van der Waals surface area contributed by atoms with Crippen molar-refractivity contribution in [3.8, 4) is 11.1 Å². The fourth-order valence-electron chi connectivity index (χ4n) is 2.66. The van der Waals surface area contributed by atoms with Crippen molar-refractivity contribution in [1.82, 2.24) is 0 Å². The monoisotopic (exact) mass is 348 g/mol. The summed E-state index contributed by atoms with van der Waals surface area (Å²) in [6, 6.07) is 17.7. The SMILES string of the molecule is OCC1OC(Sc2ccc(-c3ccccc3)cc2)C(O)C(O)C1O. The third kappa shape index (κ3) is 3.64. The molecule has 0 aliphatic carbocycles. The number of aliphatic hydroxyl groups excluding tert-OH is 4. The molecule has 24 heavy (non-hydrogen) atoms. The van der Waals surface area contributed by atoms with Crippen LogP contribution in [-0.4, -0.2) is 56.9 Å². The van der Waals surface area contributed by atoms with Gasteiger partial charge in [-0.15, -0.1) is 0 Å². The molecule has 0 amide bonds. The Balaban J connectivity index is 1.71. The number of aliphatic hydroxyl groups is 4. The molecule has 128 valence electrons. The number of hydrogen-bond acceptors (Lipinski definition) is 6. The molecule has 1 aliphatic rings. The van der Waals surface area contributed by atoms with Crippen molar-refractivity contribution in [3.05, 3.63) is 54.6 Å². The van der Waals surface area contributed by atoms with E-state index in [0.29, 0.717) is 0 Å². The average Bonchev–Trinajstić information content (AvgIpc) is 2.63. The molecule has 1 saturated heterocycles. The Bertz CT molecular complexity index is 646. The Labute approximate surface area is 144 Å². The number of rotatable bonds is 4. The minimum atomic E-state index is -1.35. The van der Waals surface area contributed by atoms with E-state index < -0.39 is 36.5 Å². The third-order valence-corrected chi connectivity index (χ3v) is 5.23. The Kier molecular flexibility index (Phi) is 5.55. The highest BCUT2D eigenvalue weighted by Gasteiger charge is 2.43. The predicted octanol–water partition coefficient (Wildman–Crippen LogP) is 1.25. The lowest BCUT2D eigenvalue weighted by atomic mass is 10.0. The molecule has 0 bridgehead atoms. The molecule has 1 fully saturated rings. The van der Waals surface area contributed by atoms with Gasteiger partial charge in [0.2, 0.25) is 0 Å². The van der Waals surface area contributed by atoms with Crippen molar-refractivity contribution < 1.29 is 25.2 Å². The standard InChI is InChI=1S/C18H20O5S/c19-10-14-15(20)16(21)17(22)18(23-14)24-13-8-6-12(7-9-13)11-4-2-1-3-5-11/h1-9,14-22H,10H2. The van der Waals surface area contributed by atoms with E-state index in [1.165, 1.54) is 11.8 Å². The zero-order chi connectivity index (χ0) is 17.1. The van der Waals surface area contributed by atoms with Crippen LogP contribution >= 0.6 is 11.8 Å². The highest BCUT2D eigenvalue weighted by molar-refractivity contribution is 7.99. The molecule has 1 aliphatic heterocycles. The van der Waals surface area contributed by atoms with Gasteiger partial charge in [-0.25, -0.2) is 0 Å². The molecule has 1 heterocycles. The first-order chi connectivity index (χ1) is 11.6. The van der Waals surface area contributed by atoms with E-state index in [0.717, 1.165) is 16.0 Å². The number of ether oxygens (including phenoxy) is 1. The maximum absolute atomic E-state index is 10.1. The van der Waals surface area contributed by atoms with Gasteiger partial charge in [0.15, 0.2) is 0 Å². The van der Waals surface area contributed by atoms with Gasteiger partial charge < -0.3 is 25.2 Å². The number of thioether (sulfide) groups is 1. The van der Waals surface area contributed by atoms with E-state index in [4.69, 9.17) is 4.74 Å². The lowest BCUT2D eigenvalue weighted by Crippen LogP contribution is -2.57. The summed E-state index contributed by atoms with van der Waals surface area (Å²) in [4.78, 5) is 0.860. The molecule has 0 radical (unpaired) electrons. The van der Waals surface area contributed by atoms with Crippen LogP contribution in [-0.2, 0) is 4.74 Å². The van der Waals surface area contributed by atoms with Crippen molar-refractivity contribution in [2.75, 3.05) is 6.61 Å². The summed E-state index contributed by atoms with van der Waals surface area (Å²) in [5.74, 6) is 0. The molecule has 4 N–H and O–H groups in total. The van der Waals surface area contributed by atoms with Crippen molar-refractivity contribution in [1.29, 1.82) is 0 Å². The molecule has 5 atom stereocenters. The summed E-state index contributed by atoms with van der Waals surface area (Å²) in [7, 11) is 0. The van der Waals surface area contributed by atoms with Gasteiger partial charge in [0.1, 0.15) is 29.9 Å². The summed E-state index contributed by atoms with van der Waals surface area (Å²) in [6.45, 7) is -0.422. The second kappa shape index (κ2) is 7.65. The molecule has 5 nitrogen and oxygen atoms in total. The molecular formula is C18H20O5S. The van der Waals surface area contributed by atoms with Crippen LogP contribution in [0.2, 0.25) is 0 Å². The highest BCUT2D eigenvalue weighted by atomic mass is 32.2. The minimum absolute atomic E-state index is 0.422. The maximum atomic E-state index is 10.1. The third-order valence-electron chi connectivity index (χ3n) is 4.06. The quantitative estimate of drug-likeness (QED) is 0.665. The van der Waals surface area contributed by atoms with E-state index in [9.17, 15) is 20.4 Å². The van der Waals surface area contributed by atoms with Crippen LogP contribution in [0.15, 0.2) is 59.5 Å². The summed E-state index contributed by atoms with van der Waals surface area (Å²) in [5, 5.41) is 38.9. The van der Waals surface area contributed by atoms with Crippen LogP contribution in [0.1, 0.15) is 0 Å². The zero-order valence-corrected chi connectivity index (χ0v) is 13.7. The number of benzene rings is 2. The van der Waals surface area contributed by atoms with Crippen molar-refractivity contribution in [2.24, 2.45) is 0 Å². The molecule has 5 unspecified atom stereocenters. The molecule has 0 saturated carbocycles. The van der Waals surface area contributed by atoms with Gasteiger partial charge in [-0.05, 0) is 23.3 Å². The van der Waals surface area contributed by atoms with Gasteiger partial charge in [0.05, 0.1) is 6.61 Å². The van der Waals surface area contributed by atoms with E-state index in [1.807, 2.05) is 54.6 Å². The maximum Gasteiger partial charge on any atom is 0.136 e. The van der Waals surface area contributed by atoms with Crippen LogP contribution in [0.25, 0.3) is 11.1 Å². The number of hydrogen-bond donors (Lipinski definition) is 4. The van der Waals surface area contributed by atoms with Crippen molar-refractivity contribution in [2.45, 2.75) is 34.7 Å².